The average molecular weight is 331 g/mol. The molecule has 6 nitrogen and oxygen atoms in total. The minimum atomic E-state index is -0.710. The van der Waals surface area contributed by atoms with Gasteiger partial charge in [0.2, 0.25) is 0 Å². The largest absolute Gasteiger partial charge is 0.392 e. The van der Waals surface area contributed by atoms with Crippen molar-refractivity contribution in [3.8, 4) is 0 Å². The van der Waals surface area contributed by atoms with Crippen LogP contribution in [0.25, 0.3) is 10.9 Å². The number of nitrogens with one attached hydrogen (secondary N) is 1. The van der Waals surface area contributed by atoms with Crippen molar-refractivity contribution in [3.05, 3.63) is 39.9 Å². The van der Waals surface area contributed by atoms with Crippen molar-refractivity contribution in [1.29, 1.82) is 0 Å². The predicted molar refractivity (Wildman–Crippen MR) is 93.1 cm³/mol. The first kappa shape index (κ1) is 17.1. The fraction of sp³-hybridized carbons (Fsp3) is 0.556. The molecule has 3 atom stereocenters. The van der Waals surface area contributed by atoms with Gasteiger partial charge in [-0.1, -0.05) is 6.07 Å². The van der Waals surface area contributed by atoms with Gasteiger partial charge in [0.1, 0.15) is 0 Å². The predicted octanol–water partition coefficient (Wildman–Crippen LogP) is 0.877. The third-order valence-corrected chi connectivity index (χ3v) is 4.74. The van der Waals surface area contributed by atoms with Gasteiger partial charge in [-0.25, -0.2) is 4.98 Å². The molecule has 24 heavy (non-hydrogen) atoms. The molecule has 1 fully saturated rings. The number of fused-ring (bicyclic) bond motifs is 1. The van der Waals surface area contributed by atoms with E-state index in [1.807, 2.05) is 26.0 Å². The van der Waals surface area contributed by atoms with Crippen molar-refractivity contribution < 1.29 is 10.2 Å². The number of rotatable bonds is 4. The molecule has 1 saturated heterocycles. The number of aryl methyl sites for hydroxylation is 2. The van der Waals surface area contributed by atoms with Crippen molar-refractivity contribution in [2.75, 3.05) is 6.54 Å². The molecule has 1 aromatic carbocycles. The Balaban J connectivity index is 1.79. The Morgan fingerprint density at radius 1 is 1.42 bits per heavy atom. The van der Waals surface area contributed by atoms with Crippen LogP contribution in [0.15, 0.2) is 23.3 Å². The summed E-state index contributed by atoms with van der Waals surface area (Å²) in [5, 5.41) is 24.1. The van der Waals surface area contributed by atoms with Gasteiger partial charge in [-0.15, -0.1) is 0 Å². The van der Waals surface area contributed by atoms with Gasteiger partial charge in [0.15, 0.2) is 0 Å². The van der Waals surface area contributed by atoms with E-state index in [1.54, 1.807) is 0 Å². The minimum Gasteiger partial charge on any atom is -0.392 e. The van der Waals surface area contributed by atoms with Crippen LogP contribution in [-0.4, -0.2) is 44.6 Å². The van der Waals surface area contributed by atoms with Gasteiger partial charge in [-0.05, 0) is 56.8 Å². The molecule has 3 N–H and O–H groups in total. The Kier molecular flexibility index (Phi) is 4.99. The lowest BCUT2D eigenvalue weighted by Gasteiger charge is -2.30. The summed E-state index contributed by atoms with van der Waals surface area (Å²) in [5.41, 5.74) is 2.57. The van der Waals surface area contributed by atoms with Crippen LogP contribution in [0.4, 0.5) is 0 Å². The zero-order valence-corrected chi connectivity index (χ0v) is 14.2. The maximum absolute atomic E-state index is 12.7. The van der Waals surface area contributed by atoms with Gasteiger partial charge in [0.25, 0.3) is 5.56 Å². The molecule has 0 spiro atoms. The van der Waals surface area contributed by atoms with Crippen LogP contribution in [0.2, 0.25) is 0 Å². The number of aliphatic hydroxyl groups is 2. The molecule has 0 amide bonds. The summed E-state index contributed by atoms with van der Waals surface area (Å²) < 4.78 is 1.46. The van der Waals surface area contributed by atoms with E-state index < -0.39 is 12.2 Å². The number of hydrogen-bond donors (Lipinski definition) is 3. The molecule has 0 aliphatic carbocycles. The zero-order chi connectivity index (χ0) is 17.3. The number of nitrogens with zero attached hydrogens (tertiary/aromatic N) is 2. The number of hydrogen-bond acceptors (Lipinski definition) is 5. The molecule has 0 radical (unpaired) electrons. The Morgan fingerprint density at radius 2 is 2.21 bits per heavy atom. The van der Waals surface area contributed by atoms with E-state index in [1.165, 1.54) is 10.9 Å². The van der Waals surface area contributed by atoms with Crippen LogP contribution in [0.5, 0.6) is 0 Å². The van der Waals surface area contributed by atoms with Crippen molar-refractivity contribution in [2.24, 2.45) is 0 Å². The first-order chi connectivity index (χ1) is 11.5. The van der Waals surface area contributed by atoms with Crippen LogP contribution in [-0.2, 0) is 6.54 Å². The van der Waals surface area contributed by atoms with Crippen molar-refractivity contribution in [3.63, 3.8) is 0 Å². The van der Waals surface area contributed by atoms with Crippen molar-refractivity contribution >= 4 is 10.9 Å². The second-order valence-electron chi connectivity index (χ2n) is 6.84. The van der Waals surface area contributed by atoms with E-state index in [-0.39, 0.29) is 18.1 Å². The van der Waals surface area contributed by atoms with Gasteiger partial charge < -0.3 is 15.5 Å². The Bertz CT molecular complexity index is 787. The van der Waals surface area contributed by atoms with Crippen molar-refractivity contribution in [1.82, 2.24) is 14.9 Å². The number of aliphatic hydroxyl groups excluding tert-OH is 2. The minimum absolute atomic E-state index is 0.123. The van der Waals surface area contributed by atoms with E-state index in [2.05, 4.69) is 10.3 Å². The smallest absolute Gasteiger partial charge is 0.261 e. The molecule has 2 aromatic rings. The quantitative estimate of drug-likeness (QED) is 0.774. The van der Waals surface area contributed by atoms with Crippen LogP contribution < -0.4 is 10.9 Å². The molecule has 0 bridgehead atoms. The fourth-order valence-corrected chi connectivity index (χ4v) is 3.53. The van der Waals surface area contributed by atoms with Crippen LogP contribution in [0.1, 0.15) is 30.4 Å². The second-order valence-corrected chi connectivity index (χ2v) is 6.84. The topological polar surface area (TPSA) is 87.4 Å². The third-order valence-electron chi connectivity index (χ3n) is 4.74. The monoisotopic (exact) mass is 331 g/mol. The van der Waals surface area contributed by atoms with Crippen molar-refractivity contribution in [2.45, 2.75) is 57.9 Å². The van der Waals surface area contributed by atoms with Crippen LogP contribution in [0, 0.1) is 13.8 Å². The molecule has 0 unspecified atom stereocenters. The standard InChI is InChI=1S/C18H25N3O3/c1-11-6-12(2)17-14(7-11)18(24)21(10-20-17)9-13(22)8-15-16(23)4-3-5-19-15/h6-7,10,13,15-16,19,22-23H,3-5,8-9H2,1-2H3/t13-,15+,16-/m0/s1. The first-order valence-electron chi connectivity index (χ1n) is 8.51. The molecule has 1 aliphatic heterocycles. The van der Waals surface area contributed by atoms with E-state index in [9.17, 15) is 15.0 Å². The fourth-order valence-electron chi connectivity index (χ4n) is 3.53. The van der Waals surface area contributed by atoms with Gasteiger partial charge in [0.05, 0.1) is 36.0 Å². The highest BCUT2D eigenvalue weighted by Crippen LogP contribution is 2.16. The molecule has 1 aliphatic rings. The van der Waals surface area contributed by atoms with Gasteiger partial charge in [0, 0.05) is 6.04 Å². The van der Waals surface area contributed by atoms with Gasteiger partial charge >= 0.3 is 0 Å². The second kappa shape index (κ2) is 7.01. The molecule has 3 rings (SSSR count). The summed E-state index contributed by atoms with van der Waals surface area (Å²) in [7, 11) is 0. The maximum Gasteiger partial charge on any atom is 0.261 e. The number of aromatic nitrogens is 2. The molecule has 2 heterocycles. The van der Waals surface area contributed by atoms with Crippen LogP contribution in [0.3, 0.4) is 0 Å². The van der Waals surface area contributed by atoms with E-state index in [0.29, 0.717) is 17.3 Å². The van der Waals surface area contributed by atoms with E-state index >= 15 is 0 Å². The lowest BCUT2D eigenvalue weighted by atomic mass is 9.96. The Labute approximate surface area is 141 Å². The lowest BCUT2D eigenvalue weighted by molar-refractivity contribution is 0.0539. The molecular formula is C18H25N3O3. The van der Waals surface area contributed by atoms with E-state index in [4.69, 9.17) is 0 Å². The molecule has 1 aromatic heterocycles. The average Bonchev–Trinajstić information content (AvgIpc) is 2.53. The van der Waals surface area contributed by atoms with Gasteiger partial charge in [-0.2, -0.15) is 0 Å². The van der Waals surface area contributed by atoms with Crippen LogP contribution >= 0.6 is 0 Å². The molecule has 6 heteroatoms. The van der Waals surface area contributed by atoms with E-state index in [0.717, 1.165) is 30.5 Å². The first-order valence-corrected chi connectivity index (χ1v) is 8.51. The summed E-state index contributed by atoms with van der Waals surface area (Å²) in [6.07, 6.45) is 2.46. The maximum atomic E-state index is 12.7. The lowest BCUT2D eigenvalue weighted by Crippen LogP contribution is -2.47. The highest BCUT2D eigenvalue weighted by molar-refractivity contribution is 5.81. The summed E-state index contributed by atoms with van der Waals surface area (Å²) in [6, 6.07) is 3.72. The third kappa shape index (κ3) is 3.50. The molecular weight excluding hydrogens is 306 g/mol. The summed E-state index contributed by atoms with van der Waals surface area (Å²) in [4.78, 5) is 17.1. The van der Waals surface area contributed by atoms with Gasteiger partial charge in [-0.3, -0.25) is 9.36 Å². The summed E-state index contributed by atoms with van der Waals surface area (Å²) in [5.74, 6) is 0. The highest BCUT2D eigenvalue weighted by atomic mass is 16.3. The molecule has 0 saturated carbocycles. The molecule has 130 valence electrons. The Morgan fingerprint density at radius 3 is 2.96 bits per heavy atom. The normalized spacial score (nSPS) is 22.7. The zero-order valence-electron chi connectivity index (χ0n) is 14.2. The number of piperidine rings is 1. The SMILES string of the molecule is Cc1cc(C)c2ncn(C[C@@H](O)C[C@H]3NCCC[C@@H]3O)c(=O)c2c1. The highest BCUT2D eigenvalue weighted by Gasteiger charge is 2.25. The summed E-state index contributed by atoms with van der Waals surface area (Å²) in [6.45, 7) is 4.93. The number of benzene rings is 1. The Hall–Kier alpha value is -1.76. The summed E-state index contributed by atoms with van der Waals surface area (Å²) >= 11 is 0.